The van der Waals surface area contributed by atoms with E-state index in [2.05, 4.69) is 4.72 Å². The number of halogens is 1. The second-order valence-corrected chi connectivity index (χ2v) is 5.55. The number of aldehydes is 1. The van der Waals surface area contributed by atoms with Crippen molar-refractivity contribution in [3.8, 4) is 0 Å². The molecule has 1 rings (SSSR count). The topological polar surface area (TPSA) is 63.2 Å². The van der Waals surface area contributed by atoms with Gasteiger partial charge in [0, 0.05) is 10.6 Å². The van der Waals surface area contributed by atoms with Gasteiger partial charge in [-0.2, -0.15) is 0 Å². The quantitative estimate of drug-likeness (QED) is 0.828. The third-order valence-electron chi connectivity index (χ3n) is 1.88. The maximum Gasteiger partial charge on any atom is 0.232 e. The van der Waals surface area contributed by atoms with Gasteiger partial charge in [0.2, 0.25) is 10.0 Å². The van der Waals surface area contributed by atoms with Crippen molar-refractivity contribution >= 4 is 33.6 Å². The van der Waals surface area contributed by atoms with Crippen LogP contribution in [0, 0.1) is 0 Å². The second-order valence-electron chi connectivity index (χ2n) is 3.27. The Balaban J connectivity index is 3.02. The van der Waals surface area contributed by atoms with E-state index in [1.807, 2.05) is 0 Å². The fourth-order valence-corrected chi connectivity index (χ4v) is 2.55. The molecule has 0 saturated carbocycles. The summed E-state index contributed by atoms with van der Waals surface area (Å²) in [5, 5.41) is 0.389. The number of anilines is 1. The molecule has 0 aliphatic rings. The first-order valence-electron chi connectivity index (χ1n) is 4.73. The first kappa shape index (κ1) is 13.0. The van der Waals surface area contributed by atoms with Crippen molar-refractivity contribution in [2.45, 2.75) is 13.3 Å². The molecule has 88 valence electrons. The fraction of sp³-hybridized carbons (Fsp3) is 0.300. The first-order valence-corrected chi connectivity index (χ1v) is 6.76. The van der Waals surface area contributed by atoms with Crippen LogP contribution in [0.5, 0.6) is 0 Å². The van der Waals surface area contributed by atoms with Crippen LogP contribution in [0.1, 0.15) is 23.7 Å². The van der Waals surface area contributed by atoms with Gasteiger partial charge in [0.25, 0.3) is 0 Å². The minimum atomic E-state index is -3.38. The first-order chi connectivity index (χ1) is 7.48. The Hall–Kier alpha value is -1.07. The van der Waals surface area contributed by atoms with Crippen molar-refractivity contribution in [3.63, 3.8) is 0 Å². The van der Waals surface area contributed by atoms with Crippen molar-refractivity contribution in [1.29, 1.82) is 0 Å². The SMILES string of the molecule is CCCS(=O)(=O)Nc1ccc(Cl)cc1C=O. The number of carbonyl (C=O) groups excluding carboxylic acids is 1. The zero-order valence-corrected chi connectivity index (χ0v) is 10.3. The summed E-state index contributed by atoms with van der Waals surface area (Å²) in [6.45, 7) is 1.77. The highest BCUT2D eigenvalue weighted by Gasteiger charge is 2.11. The van der Waals surface area contributed by atoms with Crippen LogP contribution in [0.15, 0.2) is 18.2 Å². The van der Waals surface area contributed by atoms with Crippen LogP contribution >= 0.6 is 11.6 Å². The molecule has 0 aliphatic heterocycles. The maximum absolute atomic E-state index is 11.5. The van der Waals surface area contributed by atoms with E-state index in [4.69, 9.17) is 11.6 Å². The molecule has 16 heavy (non-hydrogen) atoms. The van der Waals surface area contributed by atoms with Gasteiger partial charge in [0.05, 0.1) is 11.4 Å². The smallest absolute Gasteiger partial charge is 0.232 e. The summed E-state index contributed by atoms with van der Waals surface area (Å²) in [5.74, 6) is 0.0217. The molecular formula is C10H12ClNO3S. The zero-order chi connectivity index (χ0) is 12.2. The Morgan fingerprint density at radius 1 is 1.44 bits per heavy atom. The Bertz CT molecular complexity index is 485. The van der Waals surface area contributed by atoms with Crippen molar-refractivity contribution in [3.05, 3.63) is 28.8 Å². The molecule has 0 heterocycles. The molecule has 0 amide bonds. The van der Waals surface area contributed by atoms with E-state index < -0.39 is 10.0 Å². The lowest BCUT2D eigenvalue weighted by Crippen LogP contribution is -2.17. The van der Waals surface area contributed by atoms with Crippen LogP contribution in [0.2, 0.25) is 5.02 Å². The number of hydrogen-bond donors (Lipinski definition) is 1. The third-order valence-corrected chi connectivity index (χ3v) is 3.59. The Morgan fingerprint density at radius 3 is 2.69 bits per heavy atom. The predicted molar refractivity (Wildman–Crippen MR) is 64.5 cm³/mol. The van der Waals surface area contributed by atoms with E-state index in [9.17, 15) is 13.2 Å². The monoisotopic (exact) mass is 261 g/mol. The number of nitrogens with one attached hydrogen (secondary N) is 1. The average molecular weight is 262 g/mol. The standard InChI is InChI=1S/C10H12ClNO3S/c1-2-5-16(14,15)12-10-4-3-9(11)6-8(10)7-13/h3-4,6-7,12H,2,5H2,1H3. The van der Waals surface area contributed by atoms with Gasteiger partial charge < -0.3 is 0 Å². The lowest BCUT2D eigenvalue weighted by atomic mass is 10.2. The molecule has 0 bridgehead atoms. The number of carbonyl (C=O) groups is 1. The molecule has 4 nitrogen and oxygen atoms in total. The van der Waals surface area contributed by atoms with Gasteiger partial charge in [-0.15, -0.1) is 0 Å². The van der Waals surface area contributed by atoms with Crippen LogP contribution in [0.4, 0.5) is 5.69 Å². The van der Waals surface area contributed by atoms with Crippen LogP contribution in [0.25, 0.3) is 0 Å². The van der Waals surface area contributed by atoms with E-state index in [1.54, 1.807) is 6.92 Å². The van der Waals surface area contributed by atoms with Gasteiger partial charge in [-0.05, 0) is 24.6 Å². The van der Waals surface area contributed by atoms with Gasteiger partial charge in [0.1, 0.15) is 0 Å². The largest absolute Gasteiger partial charge is 0.298 e. The molecule has 1 aromatic carbocycles. The maximum atomic E-state index is 11.5. The van der Waals surface area contributed by atoms with Gasteiger partial charge in [-0.25, -0.2) is 8.42 Å². The molecule has 0 radical (unpaired) electrons. The van der Waals surface area contributed by atoms with Crippen LogP contribution < -0.4 is 4.72 Å². The van der Waals surface area contributed by atoms with Gasteiger partial charge in [0.15, 0.2) is 6.29 Å². The van der Waals surface area contributed by atoms with Gasteiger partial charge >= 0.3 is 0 Å². The molecule has 0 fully saturated rings. The minimum Gasteiger partial charge on any atom is -0.298 e. The highest BCUT2D eigenvalue weighted by molar-refractivity contribution is 7.92. The highest BCUT2D eigenvalue weighted by Crippen LogP contribution is 2.20. The van der Waals surface area contributed by atoms with E-state index in [-0.39, 0.29) is 17.0 Å². The zero-order valence-electron chi connectivity index (χ0n) is 8.73. The molecule has 6 heteroatoms. The molecule has 0 spiro atoms. The molecule has 1 aromatic rings. The summed E-state index contributed by atoms with van der Waals surface area (Å²) >= 11 is 5.69. The summed E-state index contributed by atoms with van der Waals surface area (Å²) in [6, 6.07) is 4.41. The molecule has 0 unspecified atom stereocenters. The Kier molecular flexibility index (Phi) is 4.32. The highest BCUT2D eigenvalue weighted by atomic mass is 35.5. The number of hydrogen-bond acceptors (Lipinski definition) is 3. The average Bonchev–Trinajstić information content (AvgIpc) is 2.20. The molecule has 0 saturated heterocycles. The minimum absolute atomic E-state index is 0.0217. The lowest BCUT2D eigenvalue weighted by molar-refractivity contribution is 0.112. The summed E-state index contributed by atoms with van der Waals surface area (Å²) in [6.07, 6.45) is 1.08. The van der Waals surface area contributed by atoms with Crippen LogP contribution in [-0.2, 0) is 10.0 Å². The molecule has 0 atom stereocenters. The number of sulfonamides is 1. The number of rotatable bonds is 5. The van der Waals surface area contributed by atoms with Crippen molar-refractivity contribution in [2.24, 2.45) is 0 Å². The Morgan fingerprint density at radius 2 is 2.12 bits per heavy atom. The third kappa shape index (κ3) is 3.50. The van der Waals surface area contributed by atoms with Crippen molar-refractivity contribution in [2.75, 3.05) is 10.5 Å². The van der Waals surface area contributed by atoms with Crippen molar-refractivity contribution in [1.82, 2.24) is 0 Å². The van der Waals surface area contributed by atoms with Crippen LogP contribution in [0.3, 0.4) is 0 Å². The summed E-state index contributed by atoms with van der Waals surface area (Å²) in [5.41, 5.74) is 0.486. The fourth-order valence-electron chi connectivity index (χ4n) is 1.21. The summed E-state index contributed by atoms with van der Waals surface area (Å²) in [7, 11) is -3.38. The number of benzene rings is 1. The Labute approximate surface area is 99.7 Å². The molecule has 0 aromatic heterocycles. The molecule has 0 aliphatic carbocycles. The lowest BCUT2D eigenvalue weighted by Gasteiger charge is -2.09. The summed E-state index contributed by atoms with van der Waals surface area (Å²) < 4.78 is 25.3. The van der Waals surface area contributed by atoms with Gasteiger partial charge in [-0.3, -0.25) is 9.52 Å². The molecule has 1 N–H and O–H groups in total. The second kappa shape index (κ2) is 5.32. The summed E-state index contributed by atoms with van der Waals surface area (Å²) in [4.78, 5) is 10.7. The van der Waals surface area contributed by atoms with E-state index in [0.717, 1.165) is 0 Å². The van der Waals surface area contributed by atoms with E-state index in [0.29, 0.717) is 17.7 Å². The normalized spacial score (nSPS) is 11.1. The van der Waals surface area contributed by atoms with E-state index in [1.165, 1.54) is 18.2 Å². The van der Waals surface area contributed by atoms with Crippen LogP contribution in [-0.4, -0.2) is 20.5 Å². The van der Waals surface area contributed by atoms with Gasteiger partial charge in [-0.1, -0.05) is 18.5 Å². The predicted octanol–water partition coefficient (Wildman–Crippen LogP) is 2.30. The van der Waals surface area contributed by atoms with E-state index >= 15 is 0 Å². The molecular weight excluding hydrogens is 250 g/mol. The van der Waals surface area contributed by atoms with Crippen molar-refractivity contribution < 1.29 is 13.2 Å².